The van der Waals surface area contributed by atoms with Crippen molar-refractivity contribution < 1.29 is 4.74 Å². The lowest BCUT2D eigenvalue weighted by atomic mass is 10.0. The van der Waals surface area contributed by atoms with Gasteiger partial charge in [-0.2, -0.15) is 0 Å². The molecule has 0 heterocycles. The Kier molecular flexibility index (Phi) is 4.87. The summed E-state index contributed by atoms with van der Waals surface area (Å²) >= 11 is 3.54. The maximum Gasteiger partial charge on any atom is 0.221 e. The number of nitrogens with one attached hydrogen (secondary N) is 2. The number of rotatable bonds is 3. The van der Waals surface area contributed by atoms with Gasteiger partial charge in [0.25, 0.3) is 0 Å². The van der Waals surface area contributed by atoms with Crippen LogP contribution in [0, 0.1) is 10.8 Å². The zero-order chi connectivity index (χ0) is 16.9. The van der Waals surface area contributed by atoms with Crippen molar-refractivity contribution in [2.75, 3.05) is 0 Å². The van der Waals surface area contributed by atoms with Gasteiger partial charge >= 0.3 is 0 Å². The molecule has 0 aliphatic carbocycles. The highest BCUT2D eigenvalue weighted by molar-refractivity contribution is 9.10. The largest absolute Gasteiger partial charge is 0.421 e. The van der Waals surface area contributed by atoms with E-state index in [0.717, 1.165) is 15.6 Å². The summed E-state index contributed by atoms with van der Waals surface area (Å²) in [7, 11) is 0. The van der Waals surface area contributed by atoms with Crippen LogP contribution < -0.4 is 0 Å². The molecule has 0 aliphatic rings. The molecule has 0 aliphatic heterocycles. The van der Waals surface area contributed by atoms with Crippen LogP contribution in [0.15, 0.2) is 83.3 Å². The first-order valence-electron chi connectivity index (χ1n) is 7.41. The third kappa shape index (κ3) is 3.60. The summed E-state index contributed by atoms with van der Waals surface area (Å²) in [6.07, 6.45) is 0. The fourth-order valence-corrected chi connectivity index (χ4v) is 2.82. The molecule has 0 spiro atoms. The maximum atomic E-state index is 8.05. The standard InChI is InChI=1S/C20H15BrN2O/c21-18-9-5-4-8-17(18)14-10-12-16(13-11-14)20(23)24-19(22)15-6-2-1-3-7-15/h1-13,22-23H. The Balaban J connectivity index is 1.75. The van der Waals surface area contributed by atoms with Gasteiger partial charge in [0.15, 0.2) is 0 Å². The molecule has 0 atom stereocenters. The van der Waals surface area contributed by atoms with Gasteiger partial charge in [0.05, 0.1) is 0 Å². The summed E-state index contributed by atoms with van der Waals surface area (Å²) in [5.74, 6) is -0.0713. The second-order valence-corrected chi connectivity index (χ2v) is 6.04. The van der Waals surface area contributed by atoms with Crippen LogP contribution in [0.3, 0.4) is 0 Å². The van der Waals surface area contributed by atoms with E-state index in [4.69, 9.17) is 15.6 Å². The Labute approximate surface area is 149 Å². The molecule has 118 valence electrons. The first-order valence-corrected chi connectivity index (χ1v) is 8.20. The Morgan fingerprint density at radius 1 is 0.667 bits per heavy atom. The fourth-order valence-electron chi connectivity index (χ4n) is 2.31. The first kappa shape index (κ1) is 16.1. The van der Waals surface area contributed by atoms with Crippen LogP contribution >= 0.6 is 15.9 Å². The zero-order valence-corrected chi connectivity index (χ0v) is 14.4. The second-order valence-electron chi connectivity index (χ2n) is 5.18. The van der Waals surface area contributed by atoms with Gasteiger partial charge < -0.3 is 4.74 Å². The molecule has 0 aromatic heterocycles. The van der Waals surface area contributed by atoms with Crippen molar-refractivity contribution in [3.8, 4) is 11.1 Å². The van der Waals surface area contributed by atoms with Gasteiger partial charge in [0.2, 0.25) is 11.8 Å². The number of benzene rings is 3. The molecule has 3 rings (SSSR count). The minimum Gasteiger partial charge on any atom is -0.421 e. The van der Waals surface area contributed by atoms with Gasteiger partial charge in [-0.25, -0.2) is 0 Å². The molecule has 3 aromatic carbocycles. The van der Waals surface area contributed by atoms with E-state index in [2.05, 4.69) is 15.9 Å². The van der Waals surface area contributed by atoms with E-state index in [-0.39, 0.29) is 11.8 Å². The molecule has 2 N–H and O–H groups in total. The summed E-state index contributed by atoms with van der Waals surface area (Å²) in [6.45, 7) is 0. The summed E-state index contributed by atoms with van der Waals surface area (Å²) in [6, 6.07) is 24.7. The van der Waals surface area contributed by atoms with Crippen molar-refractivity contribution in [1.82, 2.24) is 0 Å². The summed E-state index contributed by atoms with van der Waals surface area (Å²) in [4.78, 5) is 0. The Bertz CT molecular complexity index is 874. The minimum atomic E-state index is -0.0393. The third-order valence-electron chi connectivity index (χ3n) is 3.57. The van der Waals surface area contributed by atoms with Crippen molar-refractivity contribution in [2.24, 2.45) is 0 Å². The number of ether oxygens (including phenoxy) is 1. The SMILES string of the molecule is N=C(OC(=N)c1ccc(-c2ccccc2Br)cc1)c1ccccc1. The van der Waals surface area contributed by atoms with Gasteiger partial charge in [-0.05, 0) is 41.5 Å². The van der Waals surface area contributed by atoms with E-state index in [1.54, 1.807) is 12.1 Å². The molecule has 0 unspecified atom stereocenters. The van der Waals surface area contributed by atoms with Crippen LogP contribution in [0.1, 0.15) is 11.1 Å². The quantitative estimate of drug-likeness (QED) is 0.459. The predicted molar refractivity (Wildman–Crippen MR) is 101 cm³/mol. The average molecular weight is 379 g/mol. The van der Waals surface area contributed by atoms with E-state index >= 15 is 0 Å². The summed E-state index contributed by atoms with van der Waals surface area (Å²) < 4.78 is 6.37. The van der Waals surface area contributed by atoms with E-state index in [9.17, 15) is 0 Å². The lowest BCUT2D eigenvalue weighted by Crippen LogP contribution is -2.12. The molecule has 0 radical (unpaired) electrons. The van der Waals surface area contributed by atoms with Crippen molar-refractivity contribution in [3.63, 3.8) is 0 Å². The van der Waals surface area contributed by atoms with Crippen molar-refractivity contribution in [3.05, 3.63) is 94.5 Å². The number of halogens is 1. The topological polar surface area (TPSA) is 56.9 Å². The van der Waals surface area contributed by atoms with Gasteiger partial charge in [-0.3, -0.25) is 10.8 Å². The van der Waals surface area contributed by atoms with Crippen LogP contribution in [-0.4, -0.2) is 11.8 Å². The zero-order valence-electron chi connectivity index (χ0n) is 12.8. The molecule has 0 saturated carbocycles. The molecule has 4 heteroatoms. The highest BCUT2D eigenvalue weighted by Gasteiger charge is 2.09. The summed E-state index contributed by atoms with van der Waals surface area (Å²) in [5, 5.41) is 16.0. The molecule has 0 bridgehead atoms. The van der Waals surface area contributed by atoms with Crippen molar-refractivity contribution in [2.45, 2.75) is 0 Å². The molecule has 3 aromatic rings. The number of hydrogen-bond donors (Lipinski definition) is 2. The van der Waals surface area contributed by atoms with E-state index in [0.29, 0.717) is 11.1 Å². The number of hydrogen-bond acceptors (Lipinski definition) is 3. The maximum absolute atomic E-state index is 8.05. The van der Waals surface area contributed by atoms with E-state index < -0.39 is 0 Å². The van der Waals surface area contributed by atoms with Gasteiger partial charge in [-0.15, -0.1) is 0 Å². The Morgan fingerprint density at radius 3 is 1.83 bits per heavy atom. The summed E-state index contributed by atoms with van der Waals surface area (Å²) in [5.41, 5.74) is 3.42. The van der Waals surface area contributed by atoms with Gasteiger partial charge in [0, 0.05) is 15.6 Å². The molecule has 0 fully saturated rings. The normalized spacial score (nSPS) is 10.2. The van der Waals surface area contributed by atoms with Crippen LogP contribution in [-0.2, 0) is 4.74 Å². The van der Waals surface area contributed by atoms with Crippen molar-refractivity contribution >= 4 is 27.7 Å². The van der Waals surface area contributed by atoms with Gasteiger partial charge in [0.1, 0.15) is 0 Å². The van der Waals surface area contributed by atoms with Crippen LogP contribution in [0.25, 0.3) is 11.1 Å². The predicted octanol–water partition coefficient (Wildman–Crippen LogP) is 5.48. The first-order chi connectivity index (χ1) is 11.6. The minimum absolute atomic E-state index is 0.0320. The van der Waals surface area contributed by atoms with Gasteiger partial charge in [-0.1, -0.05) is 64.5 Å². The lowest BCUT2D eigenvalue weighted by Gasteiger charge is -2.09. The van der Waals surface area contributed by atoms with E-state index in [1.165, 1.54) is 0 Å². The Morgan fingerprint density at radius 2 is 1.21 bits per heavy atom. The molecule has 24 heavy (non-hydrogen) atoms. The molecular formula is C20H15BrN2O. The van der Waals surface area contributed by atoms with Crippen LogP contribution in [0.5, 0.6) is 0 Å². The third-order valence-corrected chi connectivity index (χ3v) is 4.26. The van der Waals surface area contributed by atoms with Crippen molar-refractivity contribution in [1.29, 1.82) is 10.8 Å². The highest BCUT2D eigenvalue weighted by Crippen LogP contribution is 2.28. The van der Waals surface area contributed by atoms with E-state index in [1.807, 2.05) is 66.7 Å². The molecule has 3 nitrogen and oxygen atoms in total. The molecule has 0 amide bonds. The lowest BCUT2D eigenvalue weighted by molar-refractivity contribution is 0.538. The second kappa shape index (κ2) is 7.23. The molecular weight excluding hydrogens is 364 g/mol. The smallest absolute Gasteiger partial charge is 0.221 e. The monoisotopic (exact) mass is 378 g/mol. The fraction of sp³-hybridized carbons (Fsp3) is 0. The molecule has 0 saturated heterocycles. The van der Waals surface area contributed by atoms with Crippen LogP contribution in [0.4, 0.5) is 0 Å². The average Bonchev–Trinajstić information content (AvgIpc) is 2.63. The van der Waals surface area contributed by atoms with Crippen LogP contribution in [0.2, 0.25) is 0 Å². The Hall–Kier alpha value is -2.72. The highest BCUT2D eigenvalue weighted by atomic mass is 79.9.